The first kappa shape index (κ1) is 16.2. The van der Waals surface area contributed by atoms with Crippen molar-refractivity contribution in [2.45, 2.75) is 39.3 Å². The number of carbonyl (C=O) groups excluding carboxylic acids is 2. The highest BCUT2D eigenvalue weighted by Crippen LogP contribution is 2.16. The first-order chi connectivity index (χ1) is 9.24. The van der Waals surface area contributed by atoms with E-state index in [0.717, 1.165) is 11.1 Å². The Balaban J connectivity index is 2.61. The van der Waals surface area contributed by atoms with Gasteiger partial charge in [-0.15, -0.1) is 0 Å². The molecule has 0 spiro atoms. The number of hydrogen-bond acceptors (Lipinski definition) is 3. The van der Waals surface area contributed by atoms with Gasteiger partial charge in [0.2, 0.25) is 11.8 Å². The van der Waals surface area contributed by atoms with Gasteiger partial charge in [-0.1, -0.05) is 24.3 Å². The predicted molar refractivity (Wildman–Crippen MR) is 77.0 cm³/mol. The van der Waals surface area contributed by atoms with Gasteiger partial charge < -0.3 is 15.7 Å². The smallest absolute Gasteiger partial charge is 0.245 e. The number of benzene rings is 1. The standard InChI is InChI=1S/C15H22N2O3/c1-10-7-5-6-8-12(10)13(19)9-16-14(20)15(3,4)17-11(2)18/h5-8,13,19H,9H2,1-4H3,(H,16,20)(H,17,18). The molecule has 5 heteroatoms. The monoisotopic (exact) mass is 278 g/mol. The highest BCUT2D eigenvalue weighted by Gasteiger charge is 2.28. The van der Waals surface area contributed by atoms with Gasteiger partial charge in [0.05, 0.1) is 6.10 Å². The Morgan fingerprint density at radius 2 is 1.90 bits per heavy atom. The number of aryl methyl sites for hydroxylation is 1. The van der Waals surface area contributed by atoms with Crippen molar-refractivity contribution in [2.75, 3.05) is 6.54 Å². The summed E-state index contributed by atoms with van der Waals surface area (Å²) in [6.07, 6.45) is -0.770. The van der Waals surface area contributed by atoms with Crippen LogP contribution in [-0.2, 0) is 9.59 Å². The van der Waals surface area contributed by atoms with Crippen LogP contribution in [0.25, 0.3) is 0 Å². The molecule has 3 N–H and O–H groups in total. The zero-order valence-electron chi connectivity index (χ0n) is 12.4. The van der Waals surface area contributed by atoms with Gasteiger partial charge in [0.15, 0.2) is 0 Å². The summed E-state index contributed by atoms with van der Waals surface area (Å²) < 4.78 is 0. The summed E-state index contributed by atoms with van der Waals surface area (Å²) in [6, 6.07) is 7.46. The number of amides is 2. The van der Waals surface area contributed by atoms with Gasteiger partial charge in [-0.25, -0.2) is 0 Å². The Kier molecular flexibility index (Phi) is 5.27. The molecule has 1 atom stereocenters. The minimum atomic E-state index is -1.00. The van der Waals surface area contributed by atoms with Crippen LogP contribution in [0.15, 0.2) is 24.3 Å². The number of hydrogen-bond donors (Lipinski definition) is 3. The van der Waals surface area contributed by atoms with Gasteiger partial charge in [-0.05, 0) is 31.9 Å². The number of aliphatic hydroxyl groups excluding tert-OH is 1. The molecule has 0 aromatic heterocycles. The minimum Gasteiger partial charge on any atom is -0.387 e. The summed E-state index contributed by atoms with van der Waals surface area (Å²) in [5, 5.41) is 15.3. The maximum atomic E-state index is 12.0. The van der Waals surface area contributed by atoms with Gasteiger partial charge in [-0.3, -0.25) is 9.59 Å². The molecule has 1 aromatic carbocycles. The maximum absolute atomic E-state index is 12.0. The van der Waals surface area contributed by atoms with E-state index >= 15 is 0 Å². The molecule has 0 fully saturated rings. The van der Waals surface area contributed by atoms with Crippen molar-refractivity contribution in [3.63, 3.8) is 0 Å². The molecule has 20 heavy (non-hydrogen) atoms. The van der Waals surface area contributed by atoms with E-state index in [1.807, 2.05) is 31.2 Å². The van der Waals surface area contributed by atoms with Crippen LogP contribution in [0.5, 0.6) is 0 Å². The Morgan fingerprint density at radius 3 is 2.45 bits per heavy atom. The van der Waals surface area contributed by atoms with Crippen LogP contribution in [0.2, 0.25) is 0 Å². The fourth-order valence-corrected chi connectivity index (χ4v) is 1.98. The molecule has 1 unspecified atom stereocenters. The van der Waals surface area contributed by atoms with Crippen LogP contribution in [0.3, 0.4) is 0 Å². The summed E-state index contributed by atoms with van der Waals surface area (Å²) in [7, 11) is 0. The summed E-state index contributed by atoms with van der Waals surface area (Å²) in [5.41, 5.74) is 0.748. The molecular weight excluding hydrogens is 256 g/mol. The van der Waals surface area contributed by atoms with Crippen molar-refractivity contribution in [2.24, 2.45) is 0 Å². The number of rotatable bonds is 5. The topological polar surface area (TPSA) is 78.4 Å². The van der Waals surface area contributed by atoms with Crippen molar-refractivity contribution in [3.8, 4) is 0 Å². The van der Waals surface area contributed by atoms with Crippen LogP contribution in [0.4, 0.5) is 0 Å². The van der Waals surface area contributed by atoms with Gasteiger partial charge in [0.25, 0.3) is 0 Å². The summed E-state index contributed by atoms with van der Waals surface area (Å²) in [4.78, 5) is 23.0. The lowest BCUT2D eigenvalue weighted by molar-refractivity contribution is -0.131. The van der Waals surface area contributed by atoms with Crippen LogP contribution < -0.4 is 10.6 Å². The third-order valence-electron chi connectivity index (χ3n) is 3.06. The largest absolute Gasteiger partial charge is 0.387 e. The van der Waals surface area contributed by atoms with Gasteiger partial charge >= 0.3 is 0 Å². The summed E-state index contributed by atoms with van der Waals surface area (Å²) in [6.45, 7) is 6.60. The number of aliphatic hydroxyl groups is 1. The molecule has 0 saturated heterocycles. The lowest BCUT2D eigenvalue weighted by Gasteiger charge is -2.25. The van der Waals surface area contributed by atoms with Gasteiger partial charge in [-0.2, -0.15) is 0 Å². The quantitative estimate of drug-likeness (QED) is 0.753. The van der Waals surface area contributed by atoms with Crippen molar-refractivity contribution in [1.29, 1.82) is 0 Å². The Morgan fingerprint density at radius 1 is 1.30 bits per heavy atom. The fourth-order valence-electron chi connectivity index (χ4n) is 1.98. The second-order valence-corrected chi connectivity index (χ2v) is 5.39. The summed E-state index contributed by atoms with van der Waals surface area (Å²) >= 11 is 0. The van der Waals surface area contributed by atoms with Crippen molar-refractivity contribution < 1.29 is 14.7 Å². The number of nitrogens with one attached hydrogen (secondary N) is 2. The Hall–Kier alpha value is -1.88. The maximum Gasteiger partial charge on any atom is 0.245 e. The van der Waals surface area contributed by atoms with Crippen molar-refractivity contribution in [1.82, 2.24) is 10.6 Å². The van der Waals surface area contributed by atoms with Gasteiger partial charge in [0.1, 0.15) is 5.54 Å². The molecule has 1 aromatic rings. The zero-order chi connectivity index (χ0) is 15.3. The Labute approximate surface area is 119 Å². The lowest BCUT2D eigenvalue weighted by Crippen LogP contribution is -2.54. The van der Waals surface area contributed by atoms with Crippen LogP contribution in [0, 0.1) is 6.92 Å². The third kappa shape index (κ3) is 4.35. The Bertz CT molecular complexity index is 498. The minimum absolute atomic E-state index is 0.104. The van der Waals surface area contributed by atoms with Crippen LogP contribution in [-0.4, -0.2) is 29.0 Å². The molecule has 0 saturated carbocycles. The van der Waals surface area contributed by atoms with E-state index in [0.29, 0.717) is 0 Å². The molecule has 5 nitrogen and oxygen atoms in total. The van der Waals surface area contributed by atoms with Crippen molar-refractivity contribution in [3.05, 3.63) is 35.4 Å². The molecule has 0 bridgehead atoms. The average molecular weight is 278 g/mol. The molecule has 0 radical (unpaired) electrons. The molecule has 0 aliphatic heterocycles. The SMILES string of the molecule is CC(=O)NC(C)(C)C(=O)NCC(O)c1ccccc1C. The second kappa shape index (κ2) is 6.52. The fraction of sp³-hybridized carbons (Fsp3) is 0.467. The van der Waals surface area contributed by atoms with Gasteiger partial charge in [0, 0.05) is 13.5 Å². The zero-order valence-corrected chi connectivity index (χ0v) is 12.4. The second-order valence-electron chi connectivity index (χ2n) is 5.39. The molecular formula is C15H22N2O3. The van der Waals surface area contributed by atoms with E-state index < -0.39 is 11.6 Å². The summed E-state index contributed by atoms with van der Waals surface area (Å²) in [5.74, 6) is -0.607. The number of carbonyl (C=O) groups is 2. The molecule has 0 heterocycles. The van der Waals surface area contributed by atoms with E-state index in [4.69, 9.17) is 0 Å². The molecule has 1 rings (SSSR count). The highest BCUT2D eigenvalue weighted by molar-refractivity contribution is 5.90. The van der Waals surface area contributed by atoms with Crippen LogP contribution >= 0.6 is 0 Å². The van der Waals surface area contributed by atoms with E-state index in [-0.39, 0.29) is 18.4 Å². The molecule has 0 aliphatic carbocycles. The molecule has 2 amide bonds. The van der Waals surface area contributed by atoms with E-state index in [9.17, 15) is 14.7 Å². The van der Waals surface area contributed by atoms with Crippen molar-refractivity contribution >= 4 is 11.8 Å². The normalized spacial score (nSPS) is 12.7. The predicted octanol–water partition coefficient (Wildman–Crippen LogP) is 1.06. The molecule has 110 valence electrons. The van der Waals surface area contributed by atoms with E-state index in [2.05, 4.69) is 10.6 Å². The average Bonchev–Trinajstić information content (AvgIpc) is 2.34. The third-order valence-corrected chi connectivity index (χ3v) is 3.06. The van der Waals surface area contributed by atoms with Crippen LogP contribution in [0.1, 0.15) is 38.0 Å². The molecule has 0 aliphatic rings. The first-order valence-corrected chi connectivity index (χ1v) is 6.54. The highest BCUT2D eigenvalue weighted by atomic mass is 16.3. The van der Waals surface area contributed by atoms with E-state index in [1.54, 1.807) is 13.8 Å². The first-order valence-electron chi connectivity index (χ1n) is 6.54. The van der Waals surface area contributed by atoms with E-state index in [1.165, 1.54) is 6.92 Å². The lowest BCUT2D eigenvalue weighted by atomic mass is 10.0.